The summed E-state index contributed by atoms with van der Waals surface area (Å²) in [6.45, 7) is 8.84. The van der Waals surface area contributed by atoms with E-state index in [-0.39, 0.29) is 11.9 Å². The molecule has 0 aromatic heterocycles. The van der Waals surface area contributed by atoms with E-state index in [0.29, 0.717) is 13.1 Å². The van der Waals surface area contributed by atoms with Crippen LogP contribution in [-0.4, -0.2) is 35.5 Å². The number of hydrogen-bond donors (Lipinski definition) is 1. The third-order valence-corrected chi connectivity index (χ3v) is 4.04. The van der Waals surface area contributed by atoms with E-state index in [1.54, 1.807) is 0 Å². The highest BCUT2D eigenvalue weighted by Crippen LogP contribution is 2.26. The molecular formula is C18H26N2O2. The lowest BCUT2D eigenvalue weighted by molar-refractivity contribution is -0.146. The molecule has 1 fully saturated rings. The van der Waals surface area contributed by atoms with Gasteiger partial charge in [0.1, 0.15) is 5.75 Å². The van der Waals surface area contributed by atoms with Crippen molar-refractivity contribution < 1.29 is 9.53 Å². The number of carbonyl (C=O) groups is 1. The molecule has 1 amide bonds. The molecule has 0 atom stereocenters. The fourth-order valence-corrected chi connectivity index (χ4v) is 2.73. The summed E-state index contributed by atoms with van der Waals surface area (Å²) in [7, 11) is 0. The molecule has 0 unspecified atom stereocenters. The number of nitrogens with two attached hydrogens (primary N) is 1. The van der Waals surface area contributed by atoms with Crippen molar-refractivity contribution >= 4 is 5.91 Å². The maximum Gasteiger partial charge on any atom is 0.266 e. The SMILES string of the molecule is C=CCc1ccccc1OC(C)(C)C(=O)N1CCC(N)CC1. The van der Waals surface area contributed by atoms with Gasteiger partial charge in [0.15, 0.2) is 5.60 Å². The van der Waals surface area contributed by atoms with Crippen molar-refractivity contribution in [3.8, 4) is 5.75 Å². The predicted octanol–water partition coefficient (Wildman–Crippen LogP) is 2.52. The van der Waals surface area contributed by atoms with Gasteiger partial charge in [-0.3, -0.25) is 4.79 Å². The zero-order chi connectivity index (χ0) is 16.2. The zero-order valence-corrected chi connectivity index (χ0v) is 13.5. The van der Waals surface area contributed by atoms with E-state index in [9.17, 15) is 4.79 Å². The average Bonchev–Trinajstić information content (AvgIpc) is 2.49. The second-order valence-corrected chi connectivity index (χ2v) is 6.34. The van der Waals surface area contributed by atoms with Gasteiger partial charge in [-0.05, 0) is 44.7 Å². The number of allylic oxidation sites excluding steroid dienone is 1. The van der Waals surface area contributed by atoms with Crippen LogP contribution >= 0.6 is 0 Å². The second-order valence-electron chi connectivity index (χ2n) is 6.34. The third-order valence-electron chi connectivity index (χ3n) is 4.04. The summed E-state index contributed by atoms with van der Waals surface area (Å²) in [6, 6.07) is 7.99. The molecular weight excluding hydrogens is 276 g/mol. The molecule has 4 heteroatoms. The molecule has 0 bridgehead atoms. The minimum Gasteiger partial charge on any atom is -0.478 e. The zero-order valence-electron chi connectivity index (χ0n) is 13.5. The van der Waals surface area contributed by atoms with E-state index in [2.05, 4.69) is 6.58 Å². The largest absolute Gasteiger partial charge is 0.478 e. The van der Waals surface area contributed by atoms with Gasteiger partial charge in [-0.1, -0.05) is 24.3 Å². The van der Waals surface area contributed by atoms with Crippen molar-refractivity contribution in [2.45, 2.75) is 44.8 Å². The lowest BCUT2D eigenvalue weighted by Gasteiger charge is -2.36. The number of para-hydroxylation sites is 1. The Balaban J connectivity index is 2.10. The fourth-order valence-electron chi connectivity index (χ4n) is 2.73. The van der Waals surface area contributed by atoms with Gasteiger partial charge in [0.05, 0.1) is 0 Å². The Labute approximate surface area is 132 Å². The van der Waals surface area contributed by atoms with Crippen molar-refractivity contribution in [3.05, 3.63) is 42.5 Å². The molecule has 2 N–H and O–H groups in total. The van der Waals surface area contributed by atoms with Gasteiger partial charge in [-0.15, -0.1) is 6.58 Å². The van der Waals surface area contributed by atoms with Gasteiger partial charge in [-0.25, -0.2) is 0 Å². The quantitative estimate of drug-likeness (QED) is 0.850. The van der Waals surface area contributed by atoms with E-state index in [0.717, 1.165) is 30.6 Å². The molecule has 1 heterocycles. The van der Waals surface area contributed by atoms with E-state index < -0.39 is 5.60 Å². The van der Waals surface area contributed by atoms with Crippen molar-refractivity contribution in [2.75, 3.05) is 13.1 Å². The molecule has 0 saturated carbocycles. The fraction of sp³-hybridized carbons (Fsp3) is 0.500. The summed E-state index contributed by atoms with van der Waals surface area (Å²) in [4.78, 5) is 14.6. The molecule has 1 saturated heterocycles. The first-order chi connectivity index (χ1) is 10.4. The van der Waals surface area contributed by atoms with Crippen LogP contribution in [0.15, 0.2) is 36.9 Å². The standard InChI is InChI=1S/C18H26N2O2/c1-4-7-14-8-5-6-9-16(14)22-18(2,3)17(21)20-12-10-15(19)11-13-20/h4-6,8-9,15H,1,7,10-13,19H2,2-3H3. The maximum atomic E-state index is 12.7. The van der Waals surface area contributed by atoms with E-state index in [1.165, 1.54) is 0 Å². The van der Waals surface area contributed by atoms with Crippen LogP contribution in [0.2, 0.25) is 0 Å². The van der Waals surface area contributed by atoms with Gasteiger partial charge < -0.3 is 15.4 Å². The van der Waals surface area contributed by atoms with Gasteiger partial charge in [-0.2, -0.15) is 0 Å². The molecule has 0 radical (unpaired) electrons. The van der Waals surface area contributed by atoms with E-state index in [4.69, 9.17) is 10.5 Å². The molecule has 1 aromatic carbocycles. The molecule has 120 valence electrons. The minimum atomic E-state index is -0.890. The van der Waals surface area contributed by atoms with E-state index >= 15 is 0 Å². The normalized spacial score (nSPS) is 16.4. The number of likely N-dealkylation sites (tertiary alicyclic amines) is 1. The van der Waals surface area contributed by atoms with Crippen molar-refractivity contribution in [2.24, 2.45) is 5.73 Å². The van der Waals surface area contributed by atoms with Crippen LogP contribution in [0.5, 0.6) is 5.75 Å². The molecule has 0 aliphatic carbocycles. The lowest BCUT2D eigenvalue weighted by Crippen LogP contribution is -2.52. The third kappa shape index (κ3) is 3.89. The molecule has 2 rings (SSSR count). The number of rotatable bonds is 5. The van der Waals surface area contributed by atoms with Gasteiger partial charge >= 0.3 is 0 Å². The molecule has 1 aliphatic rings. The highest BCUT2D eigenvalue weighted by Gasteiger charge is 2.35. The number of piperidine rings is 1. The summed E-state index contributed by atoms with van der Waals surface area (Å²) in [5, 5.41) is 0. The molecule has 1 aromatic rings. The van der Waals surface area contributed by atoms with Crippen LogP contribution in [-0.2, 0) is 11.2 Å². The lowest BCUT2D eigenvalue weighted by atomic mass is 10.0. The Morgan fingerprint density at radius 3 is 2.68 bits per heavy atom. The van der Waals surface area contributed by atoms with Crippen LogP contribution in [0, 0.1) is 0 Å². The summed E-state index contributed by atoms with van der Waals surface area (Å²) in [5.74, 6) is 0.766. The Kier molecular flexibility index (Phi) is 5.24. The summed E-state index contributed by atoms with van der Waals surface area (Å²) >= 11 is 0. The smallest absolute Gasteiger partial charge is 0.266 e. The second kappa shape index (κ2) is 6.97. The Morgan fingerprint density at radius 1 is 1.41 bits per heavy atom. The first-order valence-electron chi connectivity index (χ1n) is 7.87. The van der Waals surface area contributed by atoms with Gasteiger partial charge in [0, 0.05) is 19.1 Å². The molecule has 22 heavy (non-hydrogen) atoms. The van der Waals surface area contributed by atoms with Crippen LogP contribution in [0.4, 0.5) is 0 Å². The van der Waals surface area contributed by atoms with Crippen molar-refractivity contribution in [3.63, 3.8) is 0 Å². The van der Waals surface area contributed by atoms with Crippen LogP contribution < -0.4 is 10.5 Å². The maximum absolute atomic E-state index is 12.7. The van der Waals surface area contributed by atoms with Crippen molar-refractivity contribution in [1.82, 2.24) is 4.90 Å². The number of amides is 1. The minimum absolute atomic E-state index is 0.0211. The van der Waals surface area contributed by atoms with Gasteiger partial charge in [0.25, 0.3) is 5.91 Å². The summed E-state index contributed by atoms with van der Waals surface area (Å²) in [6.07, 6.45) is 4.27. The van der Waals surface area contributed by atoms with Crippen LogP contribution in [0.25, 0.3) is 0 Å². The number of benzene rings is 1. The predicted molar refractivity (Wildman–Crippen MR) is 88.8 cm³/mol. The summed E-state index contributed by atoms with van der Waals surface area (Å²) in [5.41, 5.74) is 6.05. The first kappa shape index (κ1) is 16.6. The number of ether oxygens (including phenoxy) is 1. The highest BCUT2D eigenvalue weighted by molar-refractivity contribution is 5.85. The number of carbonyl (C=O) groups excluding carboxylic acids is 1. The molecule has 1 aliphatic heterocycles. The average molecular weight is 302 g/mol. The topological polar surface area (TPSA) is 55.6 Å². The molecule has 4 nitrogen and oxygen atoms in total. The van der Waals surface area contributed by atoms with Crippen molar-refractivity contribution in [1.29, 1.82) is 0 Å². The van der Waals surface area contributed by atoms with Gasteiger partial charge in [0.2, 0.25) is 0 Å². The van der Waals surface area contributed by atoms with Crippen LogP contribution in [0.1, 0.15) is 32.3 Å². The number of nitrogens with zero attached hydrogens (tertiary/aromatic N) is 1. The summed E-state index contributed by atoms with van der Waals surface area (Å²) < 4.78 is 6.06. The Hall–Kier alpha value is -1.81. The van der Waals surface area contributed by atoms with Crippen LogP contribution in [0.3, 0.4) is 0 Å². The Bertz CT molecular complexity index is 532. The Morgan fingerprint density at radius 2 is 2.05 bits per heavy atom. The molecule has 0 spiro atoms. The first-order valence-corrected chi connectivity index (χ1v) is 7.87. The number of hydrogen-bond acceptors (Lipinski definition) is 3. The highest BCUT2D eigenvalue weighted by atomic mass is 16.5. The monoisotopic (exact) mass is 302 g/mol. The van der Waals surface area contributed by atoms with E-state index in [1.807, 2.05) is 49.1 Å².